The zero-order valence-corrected chi connectivity index (χ0v) is 19.0. The first-order chi connectivity index (χ1) is 13.4. The summed E-state index contributed by atoms with van der Waals surface area (Å²) in [4.78, 5) is 13.8. The molecule has 0 bridgehead atoms. The van der Waals surface area contributed by atoms with Crippen LogP contribution in [0.15, 0.2) is 18.2 Å². The number of rotatable bonds is 9. The lowest BCUT2D eigenvalue weighted by atomic mass is 9.85. The summed E-state index contributed by atoms with van der Waals surface area (Å²) in [5, 5.41) is 11.9. The van der Waals surface area contributed by atoms with Crippen molar-refractivity contribution in [2.24, 2.45) is 5.92 Å². The van der Waals surface area contributed by atoms with E-state index in [0.29, 0.717) is 23.2 Å². The Labute approximate surface area is 174 Å². The minimum absolute atomic E-state index is 0.0688. The van der Waals surface area contributed by atoms with Crippen molar-refractivity contribution in [2.45, 2.75) is 71.3 Å². The number of hydrogen-bond donors (Lipinski definition) is 0. The van der Waals surface area contributed by atoms with Crippen LogP contribution in [0, 0.1) is 16.0 Å². The van der Waals surface area contributed by atoms with E-state index >= 15 is 0 Å². The monoisotopic (exact) mass is 426 g/mol. The summed E-state index contributed by atoms with van der Waals surface area (Å²) in [6.07, 6.45) is 6.64. The molecule has 1 aromatic carbocycles. The first-order valence-electron chi connectivity index (χ1n) is 10.3. The van der Waals surface area contributed by atoms with Gasteiger partial charge in [0.15, 0.2) is 0 Å². The molecule has 1 aromatic rings. The highest BCUT2D eigenvalue weighted by Gasteiger charge is 2.31. The zero-order valence-electron chi connectivity index (χ0n) is 18.2. The fraction of sp³-hybridized carbons (Fsp3) is 0.714. The van der Waals surface area contributed by atoms with Crippen molar-refractivity contribution in [3.63, 3.8) is 0 Å². The summed E-state index contributed by atoms with van der Waals surface area (Å²) in [5.74, 6) is 0.385. The topological polar surface area (TPSA) is 89.8 Å². The van der Waals surface area contributed by atoms with Gasteiger partial charge in [0, 0.05) is 24.1 Å². The Hall–Kier alpha value is -1.67. The summed E-state index contributed by atoms with van der Waals surface area (Å²) in [6.45, 7) is 8.60. The van der Waals surface area contributed by atoms with Gasteiger partial charge in [0.2, 0.25) is 0 Å². The fourth-order valence-electron chi connectivity index (χ4n) is 3.90. The van der Waals surface area contributed by atoms with Crippen molar-refractivity contribution in [3.8, 4) is 0 Å². The predicted molar refractivity (Wildman–Crippen MR) is 116 cm³/mol. The van der Waals surface area contributed by atoms with E-state index in [0.717, 1.165) is 38.5 Å². The van der Waals surface area contributed by atoms with Gasteiger partial charge in [0.1, 0.15) is 5.69 Å². The van der Waals surface area contributed by atoms with Crippen LogP contribution in [0.3, 0.4) is 0 Å². The van der Waals surface area contributed by atoms with Gasteiger partial charge in [-0.25, -0.2) is 0 Å². The van der Waals surface area contributed by atoms with Gasteiger partial charge in [-0.05, 0) is 30.4 Å². The minimum Gasteiger partial charge on any atom is -0.363 e. The maximum Gasteiger partial charge on any atom is 0.292 e. The zero-order chi connectivity index (χ0) is 21.8. The molecule has 1 aliphatic carbocycles. The van der Waals surface area contributed by atoms with Gasteiger partial charge in [-0.15, -0.1) is 0 Å². The lowest BCUT2D eigenvalue weighted by Crippen LogP contribution is -2.39. The standard InChI is InChI=1S/C21H34N2O5S/c1-16(2)14-22(18-9-7-6-8-10-18)19-12-11-17(13-20(19)23(24)25)21(3,4)15-28-29(5,26)27/h11-13,16,18H,6-10,14-15H2,1-5H3. The van der Waals surface area contributed by atoms with Crippen LogP contribution >= 0.6 is 0 Å². The molecule has 0 unspecified atom stereocenters. The highest BCUT2D eigenvalue weighted by molar-refractivity contribution is 7.85. The molecule has 0 amide bonds. The highest BCUT2D eigenvalue weighted by atomic mass is 32.2. The smallest absolute Gasteiger partial charge is 0.292 e. The van der Waals surface area contributed by atoms with Crippen molar-refractivity contribution >= 4 is 21.5 Å². The second-order valence-electron chi connectivity index (χ2n) is 9.15. The van der Waals surface area contributed by atoms with Gasteiger partial charge in [0.25, 0.3) is 15.8 Å². The number of benzene rings is 1. The van der Waals surface area contributed by atoms with E-state index in [1.165, 1.54) is 6.42 Å². The van der Waals surface area contributed by atoms with Gasteiger partial charge in [-0.2, -0.15) is 8.42 Å². The van der Waals surface area contributed by atoms with Crippen LogP contribution in [0.25, 0.3) is 0 Å². The Balaban J connectivity index is 2.42. The molecular weight excluding hydrogens is 392 g/mol. The van der Waals surface area contributed by atoms with E-state index in [4.69, 9.17) is 4.18 Å². The second kappa shape index (κ2) is 9.43. The van der Waals surface area contributed by atoms with Crippen LogP contribution in [-0.2, 0) is 19.7 Å². The number of nitrogens with zero attached hydrogens (tertiary/aromatic N) is 2. The van der Waals surface area contributed by atoms with E-state index in [1.54, 1.807) is 6.07 Å². The molecule has 0 N–H and O–H groups in total. The van der Waals surface area contributed by atoms with Crippen LogP contribution in [-0.4, -0.2) is 38.8 Å². The molecule has 0 spiro atoms. The van der Waals surface area contributed by atoms with E-state index in [2.05, 4.69) is 18.7 Å². The molecule has 1 fully saturated rings. The molecular formula is C21H34N2O5S. The highest BCUT2D eigenvalue weighted by Crippen LogP contribution is 2.37. The average Bonchev–Trinajstić information content (AvgIpc) is 2.64. The van der Waals surface area contributed by atoms with Crippen molar-refractivity contribution in [1.29, 1.82) is 0 Å². The summed E-state index contributed by atoms with van der Waals surface area (Å²) in [5.41, 5.74) is 0.727. The lowest BCUT2D eigenvalue weighted by Gasteiger charge is -2.37. The minimum atomic E-state index is -3.58. The molecule has 0 aliphatic heterocycles. The van der Waals surface area contributed by atoms with Crippen LogP contribution in [0.5, 0.6) is 0 Å². The summed E-state index contributed by atoms with van der Waals surface area (Å²) in [7, 11) is -3.58. The number of nitro groups is 1. The Morgan fingerprint density at radius 1 is 1.24 bits per heavy atom. The Bertz CT molecular complexity index is 814. The van der Waals surface area contributed by atoms with Gasteiger partial charge in [-0.1, -0.05) is 53.0 Å². The van der Waals surface area contributed by atoms with E-state index in [1.807, 2.05) is 26.0 Å². The van der Waals surface area contributed by atoms with Crippen molar-refractivity contribution in [1.82, 2.24) is 0 Å². The molecule has 0 heterocycles. The lowest BCUT2D eigenvalue weighted by molar-refractivity contribution is -0.384. The second-order valence-corrected chi connectivity index (χ2v) is 10.8. The number of anilines is 1. The third-order valence-corrected chi connectivity index (χ3v) is 6.02. The van der Waals surface area contributed by atoms with Crippen LogP contribution in [0.4, 0.5) is 11.4 Å². The van der Waals surface area contributed by atoms with Crippen molar-refractivity contribution in [2.75, 3.05) is 24.3 Å². The van der Waals surface area contributed by atoms with Crippen molar-refractivity contribution < 1.29 is 17.5 Å². The quantitative estimate of drug-likeness (QED) is 0.324. The predicted octanol–water partition coefficient (Wildman–Crippen LogP) is 4.64. The number of nitro benzene ring substituents is 1. The molecule has 7 nitrogen and oxygen atoms in total. The van der Waals surface area contributed by atoms with Crippen LogP contribution < -0.4 is 4.90 Å². The first kappa shape index (κ1) is 23.6. The SMILES string of the molecule is CC(C)CN(c1ccc(C(C)(C)COS(C)(=O)=O)cc1[N+](=O)[O-])C1CCCCC1. The maximum atomic E-state index is 11.9. The van der Waals surface area contributed by atoms with Crippen LogP contribution in [0.2, 0.25) is 0 Å². The molecule has 0 saturated heterocycles. The van der Waals surface area contributed by atoms with Gasteiger partial charge < -0.3 is 4.90 Å². The van der Waals surface area contributed by atoms with Gasteiger partial charge in [-0.3, -0.25) is 14.3 Å². The number of hydrogen-bond acceptors (Lipinski definition) is 6. The van der Waals surface area contributed by atoms with Crippen LogP contribution in [0.1, 0.15) is 65.4 Å². The Kier molecular flexibility index (Phi) is 7.67. The van der Waals surface area contributed by atoms with E-state index in [9.17, 15) is 18.5 Å². The van der Waals surface area contributed by atoms with E-state index < -0.39 is 15.5 Å². The first-order valence-corrected chi connectivity index (χ1v) is 12.1. The van der Waals surface area contributed by atoms with Gasteiger partial charge >= 0.3 is 0 Å². The van der Waals surface area contributed by atoms with E-state index in [-0.39, 0.29) is 17.2 Å². The Morgan fingerprint density at radius 2 is 1.86 bits per heavy atom. The molecule has 29 heavy (non-hydrogen) atoms. The third-order valence-electron chi connectivity index (χ3n) is 5.47. The summed E-state index contributed by atoms with van der Waals surface area (Å²) >= 11 is 0. The largest absolute Gasteiger partial charge is 0.363 e. The normalized spacial score (nSPS) is 16.2. The molecule has 0 radical (unpaired) electrons. The molecule has 1 aliphatic rings. The summed E-state index contributed by atoms with van der Waals surface area (Å²) in [6, 6.07) is 5.59. The third kappa shape index (κ3) is 6.67. The Morgan fingerprint density at radius 3 is 2.38 bits per heavy atom. The molecule has 8 heteroatoms. The fourth-order valence-corrected chi connectivity index (χ4v) is 4.41. The maximum absolute atomic E-state index is 11.9. The molecule has 1 saturated carbocycles. The molecule has 164 valence electrons. The summed E-state index contributed by atoms with van der Waals surface area (Å²) < 4.78 is 27.7. The molecule has 0 aromatic heterocycles. The van der Waals surface area contributed by atoms with Crippen molar-refractivity contribution in [3.05, 3.63) is 33.9 Å². The molecule has 0 atom stereocenters. The average molecular weight is 427 g/mol. The molecule has 2 rings (SSSR count). The van der Waals surface area contributed by atoms with Gasteiger partial charge in [0.05, 0.1) is 17.8 Å².